The average molecular weight is 377 g/mol. The van der Waals surface area contributed by atoms with Crippen molar-refractivity contribution in [3.63, 3.8) is 0 Å². The topological polar surface area (TPSA) is 83.5 Å². The van der Waals surface area contributed by atoms with E-state index in [-0.39, 0.29) is 12.8 Å². The number of pyridine rings is 2. The molecule has 0 radical (unpaired) electrons. The van der Waals surface area contributed by atoms with Gasteiger partial charge in [-0.25, -0.2) is 4.39 Å². The second-order valence-electron chi connectivity index (χ2n) is 7.14. The van der Waals surface area contributed by atoms with Crippen LogP contribution in [0.2, 0.25) is 0 Å². The molecule has 4 rings (SSSR count). The van der Waals surface area contributed by atoms with E-state index in [9.17, 15) is 5.26 Å². The van der Waals surface area contributed by atoms with Gasteiger partial charge in [0.05, 0.1) is 16.9 Å². The minimum absolute atomic E-state index is 0.269. The molecule has 0 N–H and O–H groups in total. The number of aryl methyl sites for hydroxylation is 2. The number of hydrogen-bond acceptors (Lipinski definition) is 6. The smallest absolute Gasteiger partial charge is 0.173 e. The Kier molecular flexibility index (Phi) is 4.51. The number of rotatable bonds is 3. The zero-order valence-electron chi connectivity index (χ0n) is 15.8. The number of anilines is 1. The Labute approximate surface area is 162 Å². The number of halogens is 1. The molecule has 8 heteroatoms. The molecule has 0 bridgehead atoms. The lowest BCUT2D eigenvalue weighted by Crippen LogP contribution is -2.42. The van der Waals surface area contributed by atoms with Crippen LogP contribution >= 0.6 is 0 Å². The van der Waals surface area contributed by atoms with E-state index in [0.717, 1.165) is 16.8 Å². The van der Waals surface area contributed by atoms with E-state index in [1.807, 2.05) is 17.9 Å². The SMILES string of the molecule is Cc1cncc(-c2nccc(C#N)c2N2CCC(F)(c3nncn3C)CC2)c1. The van der Waals surface area contributed by atoms with Crippen LogP contribution in [0.4, 0.5) is 10.1 Å². The van der Waals surface area contributed by atoms with Crippen molar-refractivity contribution in [1.29, 1.82) is 5.26 Å². The Hall–Kier alpha value is -3.34. The number of alkyl halides is 1. The first-order valence-corrected chi connectivity index (χ1v) is 9.11. The molecule has 1 fully saturated rings. The van der Waals surface area contributed by atoms with Crippen LogP contribution in [0.15, 0.2) is 37.1 Å². The van der Waals surface area contributed by atoms with Gasteiger partial charge in [-0.2, -0.15) is 5.26 Å². The number of aromatic nitrogens is 5. The molecular weight excluding hydrogens is 357 g/mol. The molecular formula is C20H20FN7. The van der Waals surface area contributed by atoms with Gasteiger partial charge in [0.1, 0.15) is 12.4 Å². The fourth-order valence-corrected chi connectivity index (χ4v) is 3.76. The zero-order valence-corrected chi connectivity index (χ0v) is 15.8. The van der Waals surface area contributed by atoms with Gasteiger partial charge in [-0.05, 0) is 24.6 Å². The quantitative estimate of drug-likeness (QED) is 0.698. The van der Waals surface area contributed by atoms with Crippen molar-refractivity contribution in [2.45, 2.75) is 25.4 Å². The lowest BCUT2D eigenvalue weighted by molar-refractivity contribution is 0.109. The number of hydrogen-bond donors (Lipinski definition) is 0. The molecule has 1 aliphatic heterocycles. The summed E-state index contributed by atoms with van der Waals surface area (Å²) in [7, 11) is 1.75. The predicted octanol–water partition coefficient (Wildman–Crippen LogP) is 2.92. The Morgan fingerprint density at radius 3 is 2.68 bits per heavy atom. The monoisotopic (exact) mass is 377 g/mol. The first-order chi connectivity index (χ1) is 13.5. The summed E-state index contributed by atoms with van der Waals surface area (Å²) in [6.07, 6.45) is 7.19. The second kappa shape index (κ2) is 7.00. The van der Waals surface area contributed by atoms with Gasteiger partial charge in [-0.1, -0.05) is 0 Å². The fraction of sp³-hybridized carbons (Fsp3) is 0.350. The maximum Gasteiger partial charge on any atom is 0.173 e. The summed E-state index contributed by atoms with van der Waals surface area (Å²) < 4.78 is 17.1. The summed E-state index contributed by atoms with van der Waals surface area (Å²) >= 11 is 0. The summed E-state index contributed by atoms with van der Waals surface area (Å²) in [5, 5.41) is 17.4. The van der Waals surface area contributed by atoms with Gasteiger partial charge in [0.15, 0.2) is 11.5 Å². The van der Waals surface area contributed by atoms with E-state index < -0.39 is 5.67 Å². The summed E-state index contributed by atoms with van der Waals surface area (Å²) in [6.45, 7) is 2.87. The van der Waals surface area contributed by atoms with E-state index in [0.29, 0.717) is 30.2 Å². The Morgan fingerprint density at radius 1 is 1.25 bits per heavy atom. The van der Waals surface area contributed by atoms with Gasteiger partial charge < -0.3 is 9.47 Å². The number of piperidine rings is 1. The van der Waals surface area contributed by atoms with Gasteiger partial charge in [0.25, 0.3) is 0 Å². The van der Waals surface area contributed by atoms with Crippen LogP contribution in [-0.2, 0) is 12.7 Å². The van der Waals surface area contributed by atoms with Crippen LogP contribution in [0.5, 0.6) is 0 Å². The van der Waals surface area contributed by atoms with Crippen molar-refractivity contribution in [3.05, 3.63) is 54.0 Å². The van der Waals surface area contributed by atoms with Crippen LogP contribution in [0.3, 0.4) is 0 Å². The minimum atomic E-state index is -1.53. The van der Waals surface area contributed by atoms with E-state index >= 15 is 4.39 Å². The molecule has 0 unspecified atom stereocenters. The van der Waals surface area contributed by atoms with Gasteiger partial charge >= 0.3 is 0 Å². The maximum atomic E-state index is 15.5. The highest BCUT2D eigenvalue weighted by atomic mass is 19.1. The van der Waals surface area contributed by atoms with Crippen molar-refractivity contribution in [3.8, 4) is 17.3 Å². The lowest BCUT2D eigenvalue weighted by atomic mass is 9.91. The molecule has 1 saturated heterocycles. The maximum absolute atomic E-state index is 15.5. The predicted molar refractivity (Wildman–Crippen MR) is 102 cm³/mol. The lowest BCUT2D eigenvalue weighted by Gasteiger charge is -2.37. The summed E-state index contributed by atoms with van der Waals surface area (Å²) in [4.78, 5) is 10.8. The summed E-state index contributed by atoms with van der Waals surface area (Å²) in [5.74, 6) is 0.349. The molecule has 3 aromatic heterocycles. The van der Waals surface area contributed by atoms with Crippen molar-refractivity contribution in [2.75, 3.05) is 18.0 Å². The number of nitrogens with zero attached hydrogens (tertiary/aromatic N) is 7. The minimum Gasteiger partial charge on any atom is -0.368 e. The van der Waals surface area contributed by atoms with Gasteiger partial charge in [0, 0.05) is 57.1 Å². The van der Waals surface area contributed by atoms with Crippen molar-refractivity contribution < 1.29 is 4.39 Å². The van der Waals surface area contributed by atoms with Gasteiger partial charge in [-0.3, -0.25) is 9.97 Å². The van der Waals surface area contributed by atoms with Crippen LogP contribution in [-0.4, -0.2) is 37.8 Å². The van der Waals surface area contributed by atoms with Crippen molar-refractivity contribution in [1.82, 2.24) is 24.7 Å². The van der Waals surface area contributed by atoms with Crippen LogP contribution in [0, 0.1) is 18.3 Å². The van der Waals surface area contributed by atoms with E-state index in [1.165, 1.54) is 6.33 Å². The van der Waals surface area contributed by atoms with Gasteiger partial charge in [-0.15, -0.1) is 10.2 Å². The highest BCUT2D eigenvalue weighted by Gasteiger charge is 2.41. The standard InChI is InChI=1S/C20H20FN7/c1-14-9-16(12-23-11-14)17-18(15(10-22)3-6-24-17)28-7-4-20(21,5-8-28)19-26-25-13-27(19)2/h3,6,9,11-13H,4-5,7-8H2,1-2H3. The third kappa shape index (κ3) is 3.09. The van der Waals surface area contributed by atoms with Gasteiger partial charge in [0.2, 0.25) is 0 Å². The molecule has 7 nitrogen and oxygen atoms in total. The average Bonchev–Trinajstić information content (AvgIpc) is 3.15. The first kappa shape index (κ1) is 18.0. The van der Waals surface area contributed by atoms with E-state index in [4.69, 9.17) is 0 Å². The highest BCUT2D eigenvalue weighted by Crippen LogP contribution is 2.40. The molecule has 4 heterocycles. The molecule has 0 spiro atoms. The normalized spacial score (nSPS) is 16.0. The molecule has 142 valence electrons. The zero-order chi connectivity index (χ0) is 19.7. The Morgan fingerprint density at radius 2 is 2.04 bits per heavy atom. The van der Waals surface area contributed by atoms with Crippen molar-refractivity contribution in [2.24, 2.45) is 7.05 Å². The Bertz CT molecular complexity index is 1040. The van der Waals surface area contributed by atoms with Crippen LogP contribution in [0.1, 0.15) is 29.8 Å². The third-order valence-electron chi connectivity index (χ3n) is 5.18. The van der Waals surface area contributed by atoms with Crippen LogP contribution in [0.25, 0.3) is 11.3 Å². The molecule has 3 aromatic rings. The summed E-state index contributed by atoms with van der Waals surface area (Å²) in [6, 6.07) is 5.94. The molecule has 0 atom stereocenters. The fourth-order valence-electron chi connectivity index (χ4n) is 3.76. The molecule has 0 saturated carbocycles. The summed E-state index contributed by atoms with van der Waals surface area (Å²) in [5.41, 5.74) is 2.28. The third-order valence-corrected chi connectivity index (χ3v) is 5.18. The van der Waals surface area contributed by atoms with Crippen molar-refractivity contribution >= 4 is 5.69 Å². The molecule has 0 aliphatic carbocycles. The van der Waals surface area contributed by atoms with E-state index in [2.05, 4.69) is 26.2 Å². The molecule has 0 aromatic carbocycles. The molecule has 28 heavy (non-hydrogen) atoms. The van der Waals surface area contributed by atoms with E-state index in [1.54, 1.807) is 36.3 Å². The first-order valence-electron chi connectivity index (χ1n) is 9.11. The second-order valence-corrected chi connectivity index (χ2v) is 7.14. The molecule has 1 aliphatic rings. The molecule has 0 amide bonds. The van der Waals surface area contributed by atoms with Crippen LogP contribution < -0.4 is 4.90 Å². The Balaban J connectivity index is 1.69. The largest absolute Gasteiger partial charge is 0.368 e. The number of nitriles is 1. The highest BCUT2D eigenvalue weighted by molar-refractivity contribution is 5.79.